The van der Waals surface area contributed by atoms with Crippen LogP contribution in [0.2, 0.25) is 0 Å². The van der Waals surface area contributed by atoms with Crippen LogP contribution in [0.4, 0.5) is 0 Å². The van der Waals surface area contributed by atoms with Gasteiger partial charge >= 0.3 is 25.7 Å². The zero-order valence-corrected chi connectivity index (χ0v) is 57.4. The highest BCUT2D eigenvalue weighted by molar-refractivity contribution is 7.47. The topological polar surface area (TPSA) is 374 Å². The quantitative estimate of drug-likeness (QED) is 0.00890. The fourth-order valence-corrected chi connectivity index (χ4v) is 12.8. The molecule has 18 unspecified atom stereocenters. The molecule has 18 atom stereocenters. The molecule has 3 rings (SSSR count). The number of hydrogen-bond donors (Lipinski definition) is 11. The van der Waals surface area contributed by atoms with Gasteiger partial charge in [-0.05, 0) is 44.9 Å². The Hall–Kier alpha value is -2.30. The van der Waals surface area contributed by atoms with Gasteiger partial charge in [0.1, 0.15) is 98.7 Å². The number of esters is 3. The van der Waals surface area contributed by atoms with Crippen LogP contribution < -0.4 is 0 Å². The summed E-state index contributed by atoms with van der Waals surface area (Å²) in [6.45, 7) is 3.40. The number of aliphatic hydroxyl groups excluding tert-OH is 10. The number of carbonyl (C=O) groups excluding carboxylic acids is 3. The van der Waals surface area contributed by atoms with Gasteiger partial charge in [0.05, 0.1) is 13.2 Å². The first-order chi connectivity index (χ1) is 44.8. The van der Waals surface area contributed by atoms with E-state index in [1.165, 1.54) is 116 Å². The third-order valence-corrected chi connectivity index (χ3v) is 18.8. The van der Waals surface area contributed by atoms with Gasteiger partial charge < -0.3 is 89.1 Å². The van der Waals surface area contributed by atoms with Crippen molar-refractivity contribution in [3.8, 4) is 0 Å². The van der Waals surface area contributed by atoms with Crippen molar-refractivity contribution in [2.24, 2.45) is 0 Å². The average Bonchev–Trinajstić information content (AvgIpc) is 0.776. The molecule has 1 saturated carbocycles. The summed E-state index contributed by atoms with van der Waals surface area (Å²) in [5, 5.41) is 110. The molecular formula is C68H125O24P. The average molecular weight is 1360 g/mol. The Morgan fingerprint density at radius 2 is 0.753 bits per heavy atom. The molecule has 93 heavy (non-hydrogen) atoms. The molecule has 1 aliphatic carbocycles. The van der Waals surface area contributed by atoms with Crippen LogP contribution in [0.3, 0.4) is 0 Å². The summed E-state index contributed by atoms with van der Waals surface area (Å²) >= 11 is 0. The molecule has 0 aromatic carbocycles. The Kier molecular flexibility index (Phi) is 46.5. The number of allylic oxidation sites excluding steroid dienone is 2. The van der Waals surface area contributed by atoms with Crippen molar-refractivity contribution in [1.82, 2.24) is 0 Å². The second kappa shape index (κ2) is 50.9. The first-order valence-corrected chi connectivity index (χ1v) is 37.5. The highest BCUT2D eigenvalue weighted by Crippen LogP contribution is 2.49. The van der Waals surface area contributed by atoms with E-state index in [1.54, 1.807) is 0 Å². The summed E-state index contributed by atoms with van der Waals surface area (Å²) in [5.74, 6) is -2.00. The summed E-state index contributed by atoms with van der Waals surface area (Å²) < 4.78 is 64.8. The van der Waals surface area contributed by atoms with Crippen LogP contribution in [0.5, 0.6) is 0 Å². The molecule has 25 heteroatoms. The minimum atomic E-state index is -5.69. The van der Waals surface area contributed by atoms with Gasteiger partial charge in [-0.25, -0.2) is 4.57 Å². The zero-order valence-electron chi connectivity index (χ0n) is 56.5. The van der Waals surface area contributed by atoms with Crippen LogP contribution in [-0.2, 0) is 61.2 Å². The van der Waals surface area contributed by atoms with Crippen LogP contribution in [0.1, 0.15) is 271 Å². The van der Waals surface area contributed by atoms with E-state index in [2.05, 4.69) is 32.9 Å². The van der Waals surface area contributed by atoms with E-state index < -0.39 is 156 Å². The number of hydrogen-bond acceptors (Lipinski definition) is 23. The lowest BCUT2D eigenvalue weighted by Crippen LogP contribution is -2.69. The molecule has 11 N–H and O–H groups in total. The maximum absolute atomic E-state index is 14.3. The van der Waals surface area contributed by atoms with Gasteiger partial charge in [-0.15, -0.1) is 0 Å². The molecule has 0 aromatic heterocycles. The number of unbranched alkanes of at least 4 members (excludes halogenated alkanes) is 32. The van der Waals surface area contributed by atoms with Crippen molar-refractivity contribution in [3.63, 3.8) is 0 Å². The predicted molar refractivity (Wildman–Crippen MR) is 347 cm³/mol. The van der Waals surface area contributed by atoms with Crippen molar-refractivity contribution in [3.05, 3.63) is 12.2 Å². The minimum absolute atomic E-state index is 0.0316. The van der Waals surface area contributed by atoms with E-state index in [0.29, 0.717) is 25.7 Å². The molecule has 0 radical (unpaired) electrons. The van der Waals surface area contributed by atoms with Crippen LogP contribution in [0.25, 0.3) is 0 Å². The van der Waals surface area contributed by atoms with E-state index in [9.17, 15) is 74.9 Å². The summed E-state index contributed by atoms with van der Waals surface area (Å²) in [6, 6.07) is 0. The van der Waals surface area contributed by atoms with Crippen molar-refractivity contribution < 1.29 is 117 Å². The highest BCUT2D eigenvalue weighted by atomic mass is 31.2. The number of carbonyl (C=O) groups is 3. The smallest absolute Gasteiger partial charge is 0.463 e. The highest BCUT2D eigenvalue weighted by Gasteiger charge is 2.58. The third kappa shape index (κ3) is 34.9. The van der Waals surface area contributed by atoms with Crippen LogP contribution in [0.15, 0.2) is 12.2 Å². The summed E-state index contributed by atoms with van der Waals surface area (Å²) in [4.78, 5) is 50.8. The molecule has 0 bridgehead atoms. The largest absolute Gasteiger partial charge is 0.472 e. The van der Waals surface area contributed by atoms with Gasteiger partial charge in [-0.1, -0.05) is 219 Å². The molecule has 0 amide bonds. The summed E-state index contributed by atoms with van der Waals surface area (Å²) in [7, 11) is -5.69. The maximum Gasteiger partial charge on any atom is 0.472 e. The first-order valence-electron chi connectivity index (χ1n) is 36.0. The summed E-state index contributed by atoms with van der Waals surface area (Å²) in [6.07, 6.45) is 7.39. The standard InChI is InChI=1S/C68H125O24P/c1-4-7-10-13-16-19-22-24-26-29-32-35-38-41-44-54(72)87-49(46-84-52(70)42-39-36-33-30-27-21-18-15-12-9-6-3)47-86-93(82,83)92-66-64(90-67-62(80)57(75)55(73)50(45-69)88-67)60(78)59(77)61(79)65(66)91-68-63(81)58(76)56(74)51(89-68)48-85-53(71)43-40-37-34-31-28-25-23-20-17-14-11-8-5-2/h26,29,49-51,55-69,73-81H,4-25,27-28,30-48H2,1-3H3,(H,82,83)/b29-26-. The molecule has 546 valence electrons. The lowest BCUT2D eigenvalue weighted by molar-refractivity contribution is -0.360. The van der Waals surface area contributed by atoms with E-state index in [4.69, 9.17) is 42.2 Å². The van der Waals surface area contributed by atoms with Crippen molar-refractivity contribution in [2.75, 3.05) is 26.4 Å². The second-order valence-electron chi connectivity index (χ2n) is 26.0. The fraction of sp³-hybridized carbons (Fsp3) is 0.926. The van der Waals surface area contributed by atoms with Gasteiger partial charge in [0.2, 0.25) is 0 Å². The molecule has 3 aliphatic rings. The lowest BCUT2D eigenvalue weighted by Gasteiger charge is -2.49. The van der Waals surface area contributed by atoms with E-state index in [0.717, 1.165) is 89.9 Å². The van der Waals surface area contributed by atoms with Gasteiger partial charge in [0, 0.05) is 19.3 Å². The number of phosphoric acid groups is 1. The number of ether oxygens (including phenoxy) is 7. The Morgan fingerprint density at radius 1 is 0.409 bits per heavy atom. The van der Waals surface area contributed by atoms with Gasteiger partial charge in [-0.2, -0.15) is 0 Å². The normalized spacial score (nSPS) is 28.5. The number of phosphoric ester groups is 1. The molecule has 2 saturated heterocycles. The second-order valence-corrected chi connectivity index (χ2v) is 27.4. The molecule has 2 heterocycles. The van der Waals surface area contributed by atoms with E-state index >= 15 is 0 Å². The van der Waals surface area contributed by atoms with Crippen molar-refractivity contribution >= 4 is 25.7 Å². The SMILES string of the molecule is CCCCCCCCC/C=C\CCCCCC(=O)OC(COC(=O)CCCCCCCCCCCCC)COP(=O)(O)OC1C(OC2OC(CO)C(O)C(O)C2O)C(O)C(O)C(O)C1OC1OC(COC(=O)CCCCCCCCCCCCCCC)C(O)C(O)C1O. The van der Waals surface area contributed by atoms with E-state index in [-0.39, 0.29) is 19.3 Å². The molecule has 24 nitrogen and oxygen atoms in total. The molecule has 0 spiro atoms. The monoisotopic (exact) mass is 1360 g/mol. The Labute approximate surface area is 554 Å². The zero-order chi connectivity index (χ0) is 68.2. The minimum Gasteiger partial charge on any atom is -0.463 e. The van der Waals surface area contributed by atoms with Crippen LogP contribution in [0, 0.1) is 0 Å². The van der Waals surface area contributed by atoms with Gasteiger partial charge in [0.25, 0.3) is 0 Å². The molecule has 0 aromatic rings. The van der Waals surface area contributed by atoms with Crippen LogP contribution in [-0.4, -0.2) is 204 Å². The Morgan fingerprint density at radius 3 is 1.17 bits per heavy atom. The van der Waals surface area contributed by atoms with Crippen LogP contribution >= 0.6 is 7.82 Å². The molecule has 3 fully saturated rings. The van der Waals surface area contributed by atoms with Gasteiger partial charge in [0.15, 0.2) is 18.7 Å². The van der Waals surface area contributed by atoms with Crippen molar-refractivity contribution in [2.45, 2.75) is 375 Å². The number of aliphatic hydroxyl groups is 10. The Balaban J connectivity index is 1.76. The Bertz CT molecular complexity index is 1990. The van der Waals surface area contributed by atoms with E-state index in [1.807, 2.05) is 0 Å². The molecule has 2 aliphatic heterocycles. The first kappa shape index (κ1) is 84.9. The fourth-order valence-electron chi connectivity index (χ4n) is 11.9. The molecular weight excluding hydrogens is 1230 g/mol. The number of rotatable bonds is 55. The lowest BCUT2D eigenvalue weighted by atomic mass is 9.84. The van der Waals surface area contributed by atoms with Gasteiger partial charge in [-0.3, -0.25) is 23.4 Å². The van der Waals surface area contributed by atoms with Crippen molar-refractivity contribution in [1.29, 1.82) is 0 Å². The maximum atomic E-state index is 14.3. The summed E-state index contributed by atoms with van der Waals surface area (Å²) in [5.41, 5.74) is 0. The predicted octanol–water partition coefficient (Wildman–Crippen LogP) is 8.79. The third-order valence-electron chi connectivity index (χ3n) is 17.8.